The summed E-state index contributed by atoms with van der Waals surface area (Å²) in [6.45, 7) is 3.88. The third-order valence-corrected chi connectivity index (χ3v) is 4.46. The van der Waals surface area contributed by atoms with Crippen LogP contribution in [0.15, 0.2) is 42.6 Å². The zero-order valence-corrected chi connectivity index (χ0v) is 15.9. The maximum atomic E-state index is 12.2. The number of hydrogen-bond donors (Lipinski definition) is 2. The predicted molar refractivity (Wildman–Crippen MR) is 103 cm³/mol. The van der Waals surface area contributed by atoms with Gasteiger partial charge in [0.2, 0.25) is 0 Å². The Balaban J connectivity index is 1.55. The van der Waals surface area contributed by atoms with Crippen LogP contribution in [0, 0.1) is 0 Å². The van der Waals surface area contributed by atoms with E-state index in [4.69, 9.17) is 0 Å². The Morgan fingerprint density at radius 1 is 1.14 bits per heavy atom. The molecule has 10 heteroatoms. The van der Waals surface area contributed by atoms with E-state index < -0.39 is 12.4 Å². The van der Waals surface area contributed by atoms with Crippen LogP contribution in [0.2, 0.25) is 0 Å². The van der Waals surface area contributed by atoms with Crippen LogP contribution in [0.5, 0.6) is 5.75 Å². The summed E-state index contributed by atoms with van der Waals surface area (Å²) in [6.07, 6.45) is -3.03. The lowest BCUT2D eigenvalue weighted by molar-refractivity contribution is -0.274. The number of piperazine rings is 1. The second kappa shape index (κ2) is 8.99. The molecule has 0 saturated carbocycles. The number of benzene rings is 1. The van der Waals surface area contributed by atoms with E-state index in [0.29, 0.717) is 5.69 Å². The van der Waals surface area contributed by atoms with Crippen molar-refractivity contribution < 1.29 is 22.7 Å². The summed E-state index contributed by atoms with van der Waals surface area (Å²) in [4.78, 5) is 21.0. The van der Waals surface area contributed by atoms with Crippen LogP contribution in [-0.2, 0) is 6.54 Å². The highest BCUT2D eigenvalue weighted by Gasteiger charge is 2.31. The molecule has 0 atom stereocenters. The number of urea groups is 1. The summed E-state index contributed by atoms with van der Waals surface area (Å²) in [5, 5.41) is 5.33. The van der Waals surface area contributed by atoms with E-state index in [1.807, 2.05) is 12.1 Å². The average molecular weight is 409 g/mol. The third kappa shape index (κ3) is 6.24. The molecule has 1 fully saturated rings. The topological polar surface area (TPSA) is 69.7 Å². The lowest BCUT2D eigenvalue weighted by atomic mass is 10.2. The standard InChI is InChI=1S/C19H22F3N5O2/c1-26-9-11-27(12-10-26)17-14(3-2-8-23-17)13-24-18(28)25-15-4-6-16(7-5-15)29-19(20,21)22/h2-8H,9-13H2,1H3,(H2,24,25,28). The van der Waals surface area contributed by atoms with Crippen molar-refractivity contribution in [3.63, 3.8) is 0 Å². The number of alkyl halides is 3. The number of nitrogens with one attached hydrogen (secondary N) is 2. The first-order valence-corrected chi connectivity index (χ1v) is 9.08. The van der Waals surface area contributed by atoms with Crippen molar-refractivity contribution in [2.24, 2.45) is 0 Å². The van der Waals surface area contributed by atoms with Gasteiger partial charge in [0.1, 0.15) is 11.6 Å². The van der Waals surface area contributed by atoms with Gasteiger partial charge >= 0.3 is 12.4 Å². The number of rotatable bonds is 5. The predicted octanol–water partition coefficient (Wildman–Crippen LogP) is 3.05. The number of halogens is 3. The van der Waals surface area contributed by atoms with Gasteiger partial charge in [-0.05, 0) is 37.4 Å². The SMILES string of the molecule is CN1CCN(c2ncccc2CNC(=O)Nc2ccc(OC(F)(F)F)cc2)CC1. The van der Waals surface area contributed by atoms with Crippen LogP contribution in [0.3, 0.4) is 0 Å². The maximum Gasteiger partial charge on any atom is 0.573 e. The smallest absolute Gasteiger partial charge is 0.406 e. The van der Waals surface area contributed by atoms with Gasteiger partial charge < -0.3 is 25.2 Å². The van der Waals surface area contributed by atoms with Crippen molar-refractivity contribution in [3.8, 4) is 5.75 Å². The number of aromatic nitrogens is 1. The second-order valence-corrected chi connectivity index (χ2v) is 6.66. The van der Waals surface area contributed by atoms with E-state index in [-0.39, 0.29) is 12.3 Å². The highest BCUT2D eigenvalue weighted by molar-refractivity contribution is 5.89. The first kappa shape index (κ1) is 20.7. The molecule has 29 heavy (non-hydrogen) atoms. The molecule has 1 saturated heterocycles. The molecule has 1 aromatic carbocycles. The summed E-state index contributed by atoms with van der Waals surface area (Å²) in [7, 11) is 2.07. The van der Waals surface area contributed by atoms with Crippen LogP contribution in [-0.4, -0.2) is 55.5 Å². The largest absolute Gasteiger partial charge is 0.573 e. The van der Waals surface area contributed by atoms with Crippen molar-refractivity contribution >= 4 is 17.5 Å². The molecule has 2 aromatic rings. The van der Waals surface area contributed by atoms with Gasteiger partial charge in [0.15, 0.2) is 0 Å². The molecule has 7 nitrogen and oxygen atoms in total. The van der Waals surface area contributed by atoms with Gasteiger partial charge in [-0.15, -0.1) is 13.2 Å². The Labute approximate surface area is 166 Å². The monoisotopic (exact) mass is 409 g/mol. The fraction of sp³-hybridized carbons (Fsp3) is 0.368. The minimum absolute atomic E-state index is 0.274. The highest BCUT2D eigenvalue weighted by atomic mass is 19.4. The van der Waals surface area contributed by atoms with Crippen molar-refractivity contribution in [2.45, 2.75) is 12.9 Å². The molecule has 2 heterocycles. The summed E-state index contributed by atoms with van der Waals surface area (Å²) >= 11 is 0. The molecule has 0 aliphatic carbocycles. The van der Waals surface area contributed by atoms with Crippen molar-refractivity contribution in [1.29, 1.82) is 0 Å². The van der Waals surface area contributed by atoms with E-state index in [0.717, 1.165) is 49.7 Å². The highest BCUT2D eigenvalue weighted by Crippen LogP contribution is 2.24. The second-order valence-electron chi connectivity index (χ2n) is 6.66. The molecular weight excluding hydrogens is 387 g/mol. The van der Waals surface area contributed by atoms with E-state index >= 15 is 0 Å². The number of pyridine rings is 1. The lowest BCUT2D eigenvalue weighted by Crippen LogP contribution is -2.45. The zero-order chi connectivity index (χ0) is 20.9. The van der Waals surface area contributed by atoms with Crippen LogP contribution in [0.1, 0.15) is 5.56 Å². The van der Waals surface area contributed by atoms with Crippen molar-refractivity contribution in [3.05, 3.63) is 48.2 Å². The van der Waals surface area contributed by atoms with Gasteiger partial charge in [0.05, 0.1) is 0 Å². The first-order chi connectivity index (χ1) is 13.8. The Hall–Kier alpha value is -3.01. The van der Waals surface area contributed by atoms with E-state index in [1.165, 1.54) is 12.1 Å². The molecule has 0 radical (unpaired) electrons. The minimum atomic E-state index is -4.75. The zero-order valence-electron chi connectivity index (χ0n) is 15.9. The summed E-state index contributed by atoms with van der Waals surface area (Å²) in [5.41, 5.74) is 1.24. The number of likely N-dealkylation sites (N-methyl/N-ethyl adjacent to an activating group) is 1. The number of hydrogen-bond acceptors (Lipinski definition) is 5. The molecule has 0 unspecified atom stereocenters. The van der Waals surface area contributed by atoms with Gasteiger partial charge in [-0.2, -0.15) is 0 Å². The Morgan fingerprint density at radius 3 is 2.48 bits per heavy atom. The van der Waals surface area contributed by atoms with Crippen LogP contribution >= 0.6 is 0 Å². The molecule has 1 aromatic heterocycles. The fourth-order valence-electron chi connectivity index (χ4n) is 2.96. The number of anilines is 2. The van der Waals surface area contributed by atoms with Crippen molar-refractivity contribution in [1.82, 2.24) is 15.2 Å². The van der Waals surface area contributed by atoms with Gasteiger partial charge in [0, 0.05) is 50.2 Å². The molecule has 156 valence electrons. The maximum absolute atomic E-state index is 12.2. The first-order valence-electron chi connectivity index (χ1n) is 9.08. The third-order valence-electron chi connectivity index (χ3n) is 4.46. The molecule has 1 aliphatic rings. The summed E-state index contributed by atoms with van der Waals surface area (Å²) in [6, 6.07) is 8.19. The number of carbonyl (C=O) groups excluding carboxylic acids is 1. The molecule has 2 amide bonds. The number of amides is 2. The quantitative estimate of drug-likeness (QED) is 0.795. The van der Waals surface area contributed by atoms with Crippen LogP contribution < -0.4 is 20.3 Å². The van der Waals surface area contributed by atoms with Crippen LogP contribution in [0.4, 0.5) is 29.5 Å². The van der Waals surface area contributed by atoms with E-state index in [2.05, 4.69) is 37.2 Å². The van der Waals surface area contributed by atoms with Gasteiger partial charge in [-0.1, -0.05) is 6.07 Å². The number of ether oxygens (including phenoxy) is 1. The minimum Gasteiger partial charge on any atom is -0.406 e. The molecule has 1 aliphatic heterocycles. The Morgan fingerprint density at radius 2 is 1.83 bits per heavy atom. The molecule has 2 N–H and O–H groups in total. The summed E-state index contributed by atoms with van der Waals surface area (Å²) < 4.78 is 40.4. The average Bonchev–Trinajstić information content (AvgIpc) is 2.68. The lowest BCUT2D eigenvalue weighted by Gasteiger charge is -2.34. The van der Waals surface area contributed by atoms with Gasteiger partial charge in [-0.25, -0.2) is 9.78 Å². The summed E-state index contributed by atoms with van der Waals surface area (Å²) in [5.74, 6) is 0.491. The number of nitrogens with zero attached hydrogens (tertiary/aromatic N) is 3. The van der Waals surface area contributed by atoms with Gasteiger partial charge in [0.25, 0.3) is 0 Å². The molecular formula is C19H22F3N5O2. The van der Waals surface area contributed by atoms with E-state index in [1.54, 1.807) is 6.20 Å². The number of carbonyl (C=O) groups is 1. The molecule has 0 spiro atoms. The van der Waals surface area contributed by atoms with Crippen LogP contribution in [0.25, 0.3) is 0 Å². The van der Waals surface area contributed by atoms with Gasteiger partial charge in [-0.3, -0.25) is 0 Å². The van der Waals surface area contributed by atoms with E-state index in [9.17, 15) is 18.0 Å². The molecule has 3 rings (SSSR count). The molecule has 0 bridgehead atoms. The Bertz CT molecular complexity index is 821. The van der Waals surface area contributed by atoms with Crippen molar-refractivity contribution in [2.75, 3.05) is 43.4 Å². The fourth-order valence-corrected chi connectivity index (χ4v) is 2.96. The Kier molecular flexibility index (Phi) is 6.42. The normalized spacial score (nSPS) is 15.1.